The van der Waals surface area contributed by atoms with Gasteiger partial charge in [0.1, 0.15) is 0 Å². The number of piperidine rings is 1. The molecule has 86 valence electrons. The highest BCUT2D eigenvalue weighted by Crippen LogP contribution is 2.26. The smallest absolute Gasteiger partial charge is 0.0164 e. The van der Waals surface area contributed by atoms with Gasteiger partial charge < -0.3 is 10.2 Å². The van der Waals surface area contributed by atoms with Gasteiger partial charge in [-0.15, -0.1) is 0 Å². The van der Waals surface area contributed by atoms with Crippen LogP contribution in [0.4, 0.5) is 0 Å². The van der Waals surface area contributed by atoms with Crippen molar-refractivity contribution in [1.82, 2.24) is 10.2 Å². The van der Waals surface area contributed by atoms with E-state index in [0.717, 1.165) is 25.0 Å². The highest BCUT2D eigenvalue weighted by molar-refractivity contribution is 4.97. The summed E-state index contributed by atoms with van der Waals surface area (Å²) in [6, 6.07) is 1.62. The maximum atomic E-state index is 4.05. The topological polar surface area (TPSA) is 15.3 Å². The molecule has 2 unspecified atom stereocenters. The van der Waals surface area contributed by atoms with Gasteiger partial charge >= 0.3 is 0 Å². The zero-order valence-corrected chi connectivity index (χ0v) is 9.97. The van der Waals surface area contributed by atoms with Gasteiger partial charge in [-0.3, -0.25) is 0 Å². The van der Waals surface area contributed by atoms with Gasteiger partial charge in [0, 0.05) is 18.6 Å². The zero-order valence-electron chi connectivity index (χ0n) is 9.97. The molecular formula is C13H24N2. The van der Waals surface area contributed by atoms with Crippen LogP contribution >= 0.6 is 0 Å². The molecule has 2 heteroatoms. The highest BCUT2D eigenvalue weighted by atomic mass is 15.2. The summed E-state index contributed by atoms with van der Waals surface area (Å²) in [6.45, 7) is 9.91. The molecule has 0 bridgehead atoms. The number of rotatable bonds is 4. The molecule has 2 heterocycles. The first-order valence-corrected chi connectivity index (χ1v) is 6.43. The molecule has 1 N–H and O–H groups in total. The molecule has 2 rings (SSSR count). The van der Waals surface area contributed by atoms with Gasteiger partial charge in [0.15, 0.2) is 0 Å². The summed E-state index contributed by atoms with van der Waals surface area (Å²) in [4.78, 5) is 2.67. The SMILES string of the molecule is C=C(CC)CNC1CCN2CCCC2C1. The second-order valence-electron chi connectivity index (χ2n) is 5.04. The maximum Gasteiger partial charge on any atom is 0.0164 e. The van der Waals surface area contributed by atoms with Crippen molar-refractivity contribution in [3.63, 3.8) is 0 Å². The first-order chi connectivity index (χ1) is 7.29. The predicted molar refractivity (Wildman–Crippen MR) is 65.1 cm³/mol. The summed E-state index contributed by atoms with van der Waals surface area (Å²) in [6.07, 6.45) is 6.63. The normalized spacial score (nSPS) is 31.5. The third-order valence-electron chi connectivity index (χ3n) is 3.96. The van der Waals surface area contributed by atoms with E-state index in [1.54, 1.807) is 0 Å². The fourth-order valence-corrected chi connectivity index (χ4v) is 2.82. The maximum absolute atomic E-state index is 4.05. The summed E-state index contributed by atoms with van der Waals surface area (Å²) >= 11 is 0. The van der Waals surface area contributed by atoms with E-state index in [1.165, 1.54) is 44.3 Å². The highest BCUT2D eigenvalue weighted by Gasteiger charge is 2.31. The van der Waals surface area contributed by atoms with E-state index in [9.17, 15) is 0 Å². The molecule has 0 aromatic rings. The fraction of sp³-hybridized carbons (Fsp3) is 0.846. The number of nitrogens with zero attached hydrogens (tertiary/aromatic N) is 1. The van der Waals surface area contributed by atoms with E-state index in [-0.39, 0.29) is 0 Å². The van der Waals surface area contributed by atoms with E-state index in [1.807, 2.05) is 0 Å². The molecule has 15 heavy (non-hydrogen) atoms. The van der Waals surface area contributed by atoms with Gasteiger partial charge in [-0.05, 0) is 45.2 Å². The molecule has 2 fully saturated rings. The molecule has 2 aliphatic heterocycles. The largest absolute Gasteiger partial charge is 0.310 e. The summed E-state index contributed by atoms with van der Waals surface area (Å²) in [5.41, 5.74) is 1.34. The quantitative estimate of drug-likeness (QED) is 0.712. The Morgan fingerprint density at radius 3 is 3.07 bits per heavy atom. The Kier molecular flexibility index (Phi) is 3.81. The standard InChI is InChI=1S/C13H24N2/c1-3-11(2)10-14-12-6-8-15-7-4-5-13(15)9-12/h12-14H,2-10H2,1H3. The van der Waals surface area contributed by atoms with Crippen molar-refractivity contribution < 1.29 is 0 Å². The Morgan fingerprint density at radius 2 is 2.27 bits per heavy atom. The van der Waals surface area contributed by atoms with Crippen LogP contribution in [-0.2, 0) is 0 Å². The molecular weight excluding hydrogens is 184 g/mol. The van der Waals surface area contributed by atoms with Crippen LogP contribution in [0.5, 0.6) is 0 Å². The molecule has 0 aromatic carbocycles. The first-order valence-electron chi connectivity index (χ1n) is 6.43. The van der Waals surface area contributed by atoms with Crippen LogP contribution in [0.15, 0.2) is 12.2 Å². The first kappa shape index (κ1) is 11.2. The van der Waals surface area contributed by atoms with Crippen LogP contribution in [0, 0.1) is 0 Å². The van der Waals surface area contributed by atoms with Crippen molar-refractivity contribution in [3.05, 3.63) is 12.2 Å². The molecule has 2 saturated heterocycles. The Bertz CT molecular complexity index is 225. The number of fused-ring (bicyclic) bond motifs is 1. The Morgan fingerprint density at radius 1 is 1.40 bits per heavy atom. The molecule has 2 atom stereocenters. The number of hydrogen-bond acceptors (Lipinski definition) is 2. The Labute approximate surface area is 93.7 Å². The lowest BCUT2D eigenvalue weighted by atomic mass is 9.97. The van der Waals surface area contributed by atoms with Crippen LogP contribution < -0.4 is 5.32 Å². The van der Waals surface area contributed by atoms with Crippen LogP contribution in [0.2, 0.25) is 0 Å². The summed E-state index contributed by atoms with van der Waals surface area (Å²) in [5, 5.41) is 3.66. The lowest BCUT2D eigenvalue weighted by Gasteiger charge is -2.35. The summed E-state index contributed by atoms with van der Waals surface area (Å²) < 4.78 is 0. The molecule has 0 radical (unpaired) electrons. The predicted octanol–water partition coefficient (Wildman–Crippen LogP) is 2.17. The van der Waals surface area contributed by atoms with E-state index in [0.29, 0.717) is 0 Å². The van der Waals surface area contributed by atoms with E-state index < -0.39 is 0 Å². The van der Waals surface area contributed by atoms with Gasteiger partial charge in [0.25, 0.3) is 0 Å². The van der Waals surface area contributed by atoms with Gasteiger partial charge in [0.2, 0.25) is 0 Å². The zero-order chi connectivity index (χ0) is 10.7. The third kappa shape index (κ3) is 2.82. The van der Waals surface area contributed by atoms with Crippen molar-refractivity contribution in [2.75, 3.05) is 19.6 Å². The second kappa shape index (κ2) is 5.13. The van der Waals surface area contributed by atoms with Crippen molar-refractivity contribution >= 4 is 0 Å². The molecule has 0 aliphatic carbocycles. The minimum absolute atomic E-state index is 0.743. The monoisotopic (exact) mass is 208 g/mol. The minimum atomic E-state index is 0.743. The van der Waals surface area contributed by atoms with Crippen molar-refractivity contribution in [2.24, 2.45) is 0 Å². The second-order valence-corrected chi connectivity index (χ2v) is 5.04. The molecule has 0 amide bonds. The summed E-state index contributed by atoms with van der Waals surface area (Å²) in [5.74, 6) is 0. The van der Waals surface area contributed by atoms with Gasteiger partial charge in [-0.25, -0.2) is 0 Å². The van der Waals surface area contributed by atoms with Crippen LogP contribution in [0.1, 0.15) is 39.0 Å². The van der Waals surface area contributed by atoms with Crippen LogP contribution in [-0.4, -0.2) is 36.6 Å². The average molecular weight is 208 g/mol. The molecule has 0 saturated carbocycles. The van der Waals surface area contributed by atoms with Crippen molar-refractivity contribution in [3.8, 4) is 0 Å². The van der Waals surface area contributed by atoms with E-state index in [4.69, 9.17) is 0 Å². The lowest BCUT2D eigenvalue weighted by molar-refractivity contribution is 0.168. The molecule has 0 aromatic heterocycles. The lowest BCUT2D eigenvalue weighted by Crippen LogP contribution is -2.46. The molecule has 2 nitrogen and oxygen atoms in total. The number of nitrogens with one attached hydrogen (secondary N) is 1. The summed E-state index contributed by atoms with van der Waals surface area (Å²) in [7, 11) is 0. The van der Waals surface area contributed by atoms with Crippen molar-refractivity contribution in [1.29, 1.82) is 0 Å². The van der Waals surface area contributed by atoms with Crippen LogP contribution in [0.3, 0.4) is 0 Å². The third-order valence-corrected chi connectivity index (χ3v) is 3.96. The Hall–Kier alpha value is -0.340. The average Bonchev–Trinajstić information content (AvgIpc) is 2.72. The van der Waals surface area contributed by atoms with E-state index >= 15 is 0 Å². The Balaban J connectivity index is 1.73. The van der Waals surface area contributed by atoms with Crippen molar-refractivity contribution in [2.45, 2.75) is 51.1 Å². The number of hydrogen-bond donors (Lipinski definition) is 1. The molecule has 0 spiro atoms. The molecule has 2 aliphatic rings. The van der Waals surface area contributed by atoms with Gasteiger partial charge in [0.05, 0.1) is 0 Å². The minimum Gasteiger partial charge on any atom is -0.310 e. The van der Waals surface area contributed by atoms with Crippen LogP contribution in [0.25, 0.3) is 0 Å². The fourth-order valence-electron chi connectivity index (χ4n) is 2.82. The van der Waals surface area contributed by atoms with Gasteiger partial charge in [-0.2, -0.15) is 0 Å². The van der Waals surface area contributed by atoms with Gasteiger partial charge in [-0.1, -0.05) is 19.1 Å². The van der Waals surface area contributed by atoms with E-state index in [2.05, 4.69) is 23.7 Å².